The molecule has 1 atom stereocenters. The fourth-order valence-corrected chi connectivity index (χ4v) is 2.08. The molecule has 1 rings (SSSR count). The lowest BCUT2D eigenvalue weighted by atomic mass is 10.0. The monoisotopic (exact) mass is 267 g/mol. The van der Waals surface area contributed by atoms with Gasteiger partial charge >= 0.3 is 0 Å². The Morgan fingerprint density at radius 2 is 1.89 bits per heavy atom. The summed E-state index contributed by atoms with van der Waals surface area (Å²) in [6.45, 7) is 6.71. The first-order chi connectivity index (χ1) is 9.27. The molecule has 0 heterocycles. The summed E-state index contributed by atoms with van der Waals surface area (Å²) in [4.78, 5) is 0. The van der Waals surface area contributed by atoms with Gasteiger partial charge in [0, 0.05) is 19.3 Å². The summed E-state index contributed by atoms with van der Waals surface area (Å²) >= 11 is 0. The predicted octanol–water partition coefficient (Wildman–Crippen LogP) is 4.07. The minimum atomic E-state index is -0.172. The van der Waals surface area contributed by atoms with Crippen LogP contribution in [0.1, 0.15) is 51.1 Å². The summed E-state index contributed by atoms with van der Waals surface area (Å²) in [6.07, 6.45) is 4.47. The van der Waals surface area contributed by atoms with Crippen LogP contribution in [0.25, 0.3) is 0 Å². The molecule has 0 aliphatic carbocycles. The third-order valence-corrected chi connectivity index (χ3v) is 3.18. The lowest BCUT2D eigenvalue weighted by Gasteiger charge is -2.19. The quantitative estimate of drug-likeness (QED) is 0.645. The molecule has 1 unspecified atom stereocenters. The minimum Gasteiger partial charge on any atom is -0.382 e. The van der Waals surface area contributed by atoms with Gasteiger partial charge in [-0.15, -0.1) is 0 Å². The van der Waals surface area contributed by atoms with Crippen molar-refractivity contribution in [3.05, 3.63) is 35.6 Å². The second-order valence-corrected chi connectivity index (χ2v) is 4.75. The van der Waals surface area contributed by atoms with Crippen molar-refractivity contribution >= 4 is 0 Å². The highest BCUT2D eigenvalue weighted by molar-refractivity contribution is 5.19. The van der Waals surface area contributed by atoms with Gasteiger partial charge in [-0.25, -0.2) is 4.39 Å². The van der Waals surface area contributed by atoms with Crippen LogP contribution in [-0.2, 0) is 4.74 Å². The Morgan fingerprint density at radius 3 is 2.53 bits per heavy atom. The highest BCUT2D eigenvalue weighted by atomic mass is 19.1. The molecule has 0 aromatic heterocycles. The Labute approximate surface area is 116 Å². The van der Waals surface area contributed by atoms with Crippen molar-refractivity contribution in [1.82, 2.24) is 5.32 Å². The Balaban J connectivity index is 2.44. The zero-order valence-electron chi connectivity index (χ0n) is 12.1. The third kappa shape index (κ3) is 6.69. The Kier molecular flexibility index (Phi) is 8.43. The van der Waals surface area contributed by atoms with Crippen LogP contribution in [0.15, 0.2) is 24.3 Å². The Bertz CT molecular complexity index is 326. The molecule has 0 aliphatic rings. The van der Waals surface area contributed by atoms with E-state index in [2.05, 4.69) is 12.2 Å². The van der Waals surface area contributed by atoms with E-state index in [9.17, 15) is 4.39 Å². The summed E-state index contributed by atoms with van der Waals surface area (Å²) in [5.41, 5.74) is 1.17. The summed E-state index contributed by atoms with van der Waals surface area (Å²) in [5.74, 6) is -0.172. The molecule has 108 valence electrons. The van der Waals surface area contributed by atoms with Crippen molar-refractivity contribution < 1.29 is 9.13 Å². The average Bonchev–Trinajstić information content (AvgIpc) is 2.43. The molecule has 0 spiro atoms. The number of halogens is 1. The second-order valence-electron chi connectivity index (χ2n) is 4.75. The maximum atomic E-state index is 13.0. The molecule has 0 radical (unpaired) electrons. The normalized spacial score (nSPS) is 12.6. The first-order valence-electron chi connectivity index (χ1n) is 7.34. The molecule has 0 saturated carbocycles. The van der Waals surface area contributed by atoms with Gasteiger partial charge in [0.25, 0.3) is 0 Å². The molecular weight excluding hydrogens is 241 g/mol. The largest absolute Gasteiger partial charge is 0.382 e. The average molecular weight is 267 g/mol. The number of hydrogen-bond donors (Lipinski definition) is 1. The highest BCUT2D eigenvalue weighted by Gasteiger charge is 2.10. The van der Waals surface area contributed by atoms with Crippen LogP contribution in [-0.4, -0.2) is 19.8 Å². The first-order valence-corrected chi connectivity index (χ1v) is 7.34. The maximum absolute atomic E-state index is 13.0. The number of hydrogen-bond acceptors (Lipinski definition) is 2. The highest BCUT2D eigenvalue weighted by Crippen LogP contribution is 2.19. The van der Waals surface area contributed by atoms with Gasteiger partial charge in [0.2, 0.25) is 0 Å². The van der Waals surface area contributed by atoms with E-state index in [1.54, 1.807) is 0 Å². The number of nitrogens with one attached hydrogen (secondary N) is 1. The molecule has 0 aliphatic heterocycles. The van der Waals surface area contributed by atoms with Crippen LogP contribution in [0, 0.1) is 5.82 Å². The van der Waals surface area contributed by atoms with E-state index in [0.29, 0.717) is 6.04 Å². The molecule has 19 heavy (non-hydrogen) atoms. The lowest BCUT2D eigenvalue weighted by Crippen LogP contribution is -2.23. The zero-order chi connectivity index (χ0) is 13.9. The van der Waals surface area contributed by atoms with Gasteiger partial charge in [0.05, 0.1) is 0 Å². The molecule has 0 fully saturated rings. The van der Waals surface area contributed by atoms with Crippen LogP contribution in [0.3, 0.4) is 0 Å². The van der Waals surface area contributed by atoms with Gasteiger partial charge in [-0.3, -0.25) is 0 Å². The van der Waals surface area contributed by atoms with Gasteiger partial charge in [0.15, 0.2) is 0 Å². The summed E-state index contributed by atoms with van der Waals surface area (Å²) < 4.78 is 18.3. The van der Waals surface area contributed by atoms with E-state index in [1.807, 2.05) is 19.1 Å². The Morgan fingerprint density at radius 1 is 1.16 bits per heavy atom. The summed E-state index contributed by atoms with van der Waals surface area (Å²) in [7, 11) is 0. The van der Waals surface area contributed by atoms with Crippen LogP contribution >= 0.6 is 0 Å². The van der Waals surface area contributed by atoms with E-state index in [4.69, 9.17) is 4.74 Å². The van der Waals surface area contributed by atoms with Crippen molar-refractivity contribution in [3.8, 4) is 0 Å². The molecule has 0 amide bonds. The lowest BCUT2D eigenvalue weighted by molar-refractivity contribution is 0.144. The van der Waals surface area contributed by atoms with Gasteiger partial charge in [-0.1, -0.05) is 31.9 Å². The molecule has 3 heteroatoms. The van der Waals surface area contributed by atoms with E-state index in [-0.39, 0.29) is 5.82 Å². The van der Waals surface area contributed by atoms with E-state index in [0.717, 1.165) is 32.6 Å². The molecule has 1 N–H and O–H groups in total. The van der Waals surface area contributed by atoms with Crippen LogP contribution in [0.5, 0.6) is 0 Å². The molecule has 1 aromatic carbocycles. The zero-order valence-corrected chi connectivity index (χ0v) is 12.1. The van der Waals surface area contributed by atoms with Crippen molar-refractivity contribution in [2.75, 3.05) is 19.8 Å². The fraction of sp³-hybridized carbons (Fsp3) is 0.625. The van der Waals surface area contributed by atoms with Gasteiger partial charge in [-0.05, 0) is 44.0 Å². The van der Waals surface area contributed by atoms with Crippen LogP contribution in [0.4, 0.5) is 4.39 Å². The predicted molar refractivity (Wildman–Crippen MR) is 77.8 cm³/mol. The third-order valence-electron chi connectivity index (χ3n) is 3.18. The van der Waals surface area contributed by atoms with Gasteiger partial charge < -0.3 is 10.1 Å². The number of benzene rings is 1. The van der Waals surface area contributed by atoms with Crippen molar-refractivity contribution in [2.24, 2.45) is 0 Å². The van der Waals surface area contributed by atoms with Crippen molar-refractivity contribution in [2.45, 2.75) is 45.6 Å². The summed E-state index contributed by atoms with van der Waals surface area (Å²) in [5, 5.41) is 3.55. The smallest absolute Gasteiger partial charge is 0.123 e. The molecule has 2 nitrogen and oxygen atoms in total. The molecule has 0 saturated heterocycles. The van der Waals surface area contributed by atoms with Crippen LogP contribution < -0.4 is 5.32 Å². The van der Waals surface area contributed by atoms with Gasteiger partial charge in [0.1, 0.15) is 5.82 Å². The fourth-order valence-electron chi connectivity index (χ4n) is 2.08. The minimum absolute atomic E-state index is 0.172. The molecule has 0 bridgehead atoms. The van der Waals surface area contributed by atoms with E-state index < -0.39 is 0 Å². The van der Waals surface area contributed by atoms with Crippen LogP contribution in [0.2, 0.25) is 0 Å². The first kappa shape index (κ1) is 16.1. The number of rotatable bonds is 10. The van der Waals surface area contributed by atoms with E-state index >= 15 is 0 Å². The number of unbranched alkanes of at least 4 members (excludes halogenated alkanes) is 1. The van der Waals surface area contributed by atoms with Gasteiger partial charge in [-0.2, -0.15) is 0 Å². The van der Waals surface area contributed by atoms with E-state index in [1.165, 1.54) is 30.5 Å². The SMILES string of the molecule is CCCCC(NCCCOCC)c1ccc(F)cc1. The Hall–Kier alpha value is -0.930. The second kappa shape index (κ2) is 9.93. The summed E-state index contributed by atoms with van der Waals surface area (Å²) in [6, 6.07) is 7.16. The topological polar surface area (TPSA) is 21.3 Å². The molecule has 1 aromatic rings. The van der Waals surface area contributed by atoms with Crippen molar-refractivity contribution in [3.63, 3.8) is 0 Å². The molecular formula is C16H26FNO. The maximum Gasteiger partial charge on any atom is 0.123 e. The number of ether oxygens (including phenoxy) is 1. The standard InChI is InChI=1S/C16H26FNO/c1-3-5-7-16(18-12-6-13-19-4-2)14-8-10-15(17)11-9-14/h8-11,16,18H,3-7,12-13H2,1-2H3. The van der Waals surface area contributed by atoms with Crippen molar-refractivity contribution in [1.29, 1.82) is 0 Å².